The Morgan fingerprint density at radius 3 is 2.88 bits per heavy atom. The smallest absolute Gasteiger partial charge is 0.224 e. The second-order valence-corrected chi connectivity index (χ2v) is 3.79. The van der Waals surface area contributed by atoms with Crippen LogP contribution in [-0.4, -0.2) is 16.5 Å². The minimum Gasteiger partial charge on any atom is -0.354 e. The molecule has 2 rings (SSSR count). The van der Waals surface area contributed by atoms with Gasteiger partial charge in [-0.05, 0) is 37.6 Å². The first-order valence-electron chi connectivity index (χ1n) is 5.68. The van der Waals surface area contributed by atoms with Gasteiger partial charge in [-0.15, -0.1) is 0 Å². The van der Waals surface area contributed by atoms with E-state index >= 15 is 0 Å². The summed E-state index contributed by atoms with van der Waals surface area (Å²) < 4.78 is 0. The third-order valence-corrected chi connectivity index (χ3v) is 2.28. The van der Waals surface area contributed by atoms with Crippen LogP contribution in [0.2, 0.25) is 0 Å². The minimum absolute atomic E-state index is 0.644. The van der Waals surface area contributed by atoms with Crippen molar-refractivity contribution in [3.63, 3.8) is 0 Å². The van der Waals surface area contributed by atoms with Crippen LogP contribution in [0.4, 0.5) is 17.5 Å². The summed E-state index contributed by atoms with van der Waals surface area (Å²) in [6.45, 7) is 4.90. The first-order valence-corrected chi connectivity index (χ1v) is 5.68. The van der Waals surface area contributed by atoms with E-state index in [1.807, 2.05) is 25.1 Å². The van der Waals surface area contributed by atoms with Gasteiger partial charge in [0.1, 0.15) is 5.82 Å². The maximum absolute atomic E-state index is 4.35. The largest absolute Gasteiger partial charge is 0.354 e. The van der Waals surface area contributed by atoms with Crippen molar-refractivity contribution in [1.29, 1.82) is 0 Å². The number of benzene rings is 1. The van der Waals surface area contributed by atoms with Gasteiger partial charge in [-0.3, -0.25) is 0 Å². The number of aromatic nitrogens is 2. The number of nitrogens with zero attached hydrogens (tertiary/aromatic N) is 2. The normalized spacial score (nSPS) is 10.0. The van der Waals surface area contributed by atoms with Crippen molar-refractivity contribution in [2.75, 3.05) is 17.2 Å². The third-order valence-electron chi connectivity index (χ3n) is 2.28. The molecule has 17 heavy (non-hydrogen) atoms. The Morgan fingerprint density at radius 1 is 1.24 bits per heavy atom. The quantitative estimate of drug-likeness (QED) is 0.844. The second kappa shape index (κ2) is 5.30. The Kier molecular flexibility index (Phi) is 3.55. The van der Waals surface area contributed by atoms with Crippen LogP contribution >= 0.6 is 0 Å². The van der Waals surface area contributed by atoms with Crippen LogP contribution in [0.5, 0.6) is 0 Å². The fourth-order valence-corrected chi connectivity index (χ4v) is 1.54. The predicted octanol–water partition coefficient (Wildman–Crippen LogP) is 2.96. The zero-order valence-corrected chi connectivity index (χ0v) is 10.1. The van der Waals surface area contributed by atoms with Gasteiger partial charge in [0.05, 0.1) is 0 Å². The first kappa shape index (κ1) is 11.4. The highest BCUT2D eigenvalue weighted by Gasteiger charge is 1.98. The molecule has 0 fully saturated rings. The molecule has 4 nitrogen and oxygen atoms in total. The number of aryl methyl sites for hydroxylation is 1. The first-order chi connectivity index (χ1) is 8.28. The molecule has 0 unspecified atom stereocenters. The van der Waals surface area contributed by atoms with Crippen LogP contribution in [0, 0.1) is 6.92 Å². The van der Waals surface area contributed by atoms with E-state index < -0.39 is 0 Å². The van der Waals surface area contributed by atoms with E-state index in [1.54, 1.807) is 6.20 Å². The molecule has 0 spiro atoms. The van der Waals surface area contributed by atoms with E-state index in [-0.39, 0.29) is 0 Å². The lowest BCUT2D eigenvalue weighted by molar-refractivity contribution is 1.09. The van der Waals surface area contributed by atoms with E-state index in [4.69, 9.17) is 0 Å². The van der Waals surface area contributed by atoms with E-state index in [0.717, 1.165) is 18.1 Å². The molecular formula is C13H16N4. The SMILES string of the molecule is CCNc1nccc(Nc2cccc(C)c2)n1. The maximum atomic E-state index is 4.35. The van der Waals surface area contributed by atoms with Gasteiger partial charge in [-0.25, -0.2) is 4.98 Å². The third kappa shape index (κ3) is 3.17. The zero-order chi connectivity index (χ0) is 12.1. The zero-order valence-electron chi connectivity index (χ0n) is 10.1. The Bertz CT molecular complexity index is 496. The molecule has 1 heterocycles. The lowest BCUT2D eigenvalue weighted by Crippen LogP contribution is -2.03. The summed E-state index contributed by atoms with van der Waals surface area (Å²) in [7, 11) is 0. The summed E-state index contributed by atoms with van der Waals surface area (Å²) in [5.74, 6) is 1.44. The van der Waals surface area contributed by atoms with Crippen molar-refractivity contribution < 1.29 is 0 Å². The number of anilines is 3. The van der Waals surface area contributed by atoms with Crippen molar-refractivity contribution in [3.8, 4) is 0 Å². The summed E-state index contributed by atoms with van der Waals surface area (Å²) >= 11 is 0. The van der Waals surface area contributed by atoms with Crippen LogP contribution in [0.3, 0.4) is 0 Å². The molecular weight excluding hydrogens is 212 g/mol. The summed E-state index contributed by atoms with van der Waals surface area (Å²) in [6.07, 6.45) is 1.74. The van der Waals surface area contributed by atoms with Gasteiger partial charge in [0.15, 0.2) is 0 Å². The van der Waals surface area contributed by atoms with Crippen molar-refractivity contribution in [2.24, 2.45) is 0 Å². The summed E-state index contributed by atoms with van der Waals surface area (Å²) in [4.78, 5) is 8.48. The van der Waals surface area contributed by atoms with E-state index in [2.05, 4.69) is 39.7 Å². The van der Waals surface area contributed by atoms with Crippen LogP contribution in [0.1, 0.15) is 12.5 Å². The molecule has 4 heteroatoms. The lowest BCUT2D eigenvalue weighted by atomic mass is 10.2. The van der Waals surface area contributed by atoms with E-state index in [1.165, 1.54) is 5.56 Å². The average molecular weight is 228 g/mol. The fraction of sp³-hybridized carbons (Fsp3) is 0.231. The van der Waals surface area contributed by atoms with Crippen LogP contribution in [-0.2, 0) is 0 Å². The van der Waals surface area contributed by atoms with Crippen molar-refractivity contribution in [2.45, 2.75) is 13.8 Å². The Hall–Kier alpha value is -2.10. The Balaban J connectivity index is 2.15. The predicted molar refractivity (Wildman–Crippen MR) is 70.7 cm³/mol. The molecule has 2 aromatic rings. The molecule has 0 radical (unpaired) electrons. The highest BCUT2D eigenvalue weighted by atomic mass is 15.1. The number of hydrogen-bond donors (Lipinski definition) is 2. The van der Waals surface area contributed by atoms with Crippen LogP contribution in [0.25, 0.3) is 0 Å². The molecule has 0 saturated heterocycles. The van der Waals surface area contributed by atoms with Gasteiger partial charge in [0.2, 0.25) is 5.95 Å². The standard InChI is InChI=1S/C13H16N4/c1-3-14-13-15-8-7-12(17-13)16-11-6-4-5-10(2)9-11/h4-9H,3H2,1-2H3,(H2,14,15,16,17). The molecule has 2 N–H and O–H groups in total. The maximum Gasteiger partial charge on any atom is 0.224 e. The summed E-state index contributed by atoms with van der Waals surface area (Å²) in [6, 6.07) is 10.0. The van der Waals surface area contributed by atoms with Crippen molar-refractivity contribution >= 4 is 17.5 Å². The Labute approximate surface area is 101 Å². The van der Waals surface area contributed by atoms with Gasteiger partial charge in [0, 0.05) is 18.4 Å². The van der Waals surface area contributed by atoms with Crippen LogP contribution < -0.4 is 10.6 Å². The molecule has 1 aromatic heterocycles. The minimum atomic E-state index is 0.644. The number of rotatable bonds is 4. The Morgan fingerprint density at radius 2 is 2.12 bits per heavy atom. The molecule has 0 bridgehead atoms. The number of nitrogens with one attached hydrogen (secondary N) is 2. The summed E-state index contributed by atoms with van der Waals surface area (Å²) in [5, 5.41) is 6.34. The monoisotopic (exact) mass is 228 g/mol. The average Bonchev–Trinajstić information content (AvgIpc) is 2.30. The highest BCUT2D eigenvalue weighted by molar-refractivity contribution is 5.57. The molecule has 0 aliphatic carbocycles. The molecule has 0 atom stereocenters. The van der Waals surface area contributed by atoms with Gasteiger partial charge in [-0.1, -0.05) is 12.1 Å². The molecule has 0 aliphatic rings. The highest BCUT2D eigenvalue weighted by Crippen LogP contribution is 2.16. The number of hydrogen-bond acceptors (Lipinski definition) is 4. The fourth-order valence-electron chi connectivity index (χ4n) is 1.54. The van der Waals surface area contributed by atoms with E-state index in [0.29, 0.717) is 5.95 Å². The van der Waals surface area contributed by atoms with Crippen molar-refractivity contribution in [1.82, 2.24) is 9.97 Å². The van der Waals surface area contributed by atoms with Crippen LogP contribution in [0.15, 0.2) is 36.5 Å². The second-order valence-electron chi connectivity index (χ2n) is 3.79. The molecule has 0 saturated carbocycles. The van der Waals surface area contributed by atoms with Gasteiger partial charge in [-0.2, -0.15) is 4.98 Å². The lowest BCUT2D eigenvalue weighted by Gasteiger charge is -2.07. The molecule has 1 aromatic carbocycles. The molecule has 88 valence electrons. The van der Waals surface area contributed by atoms with Gasteiger partial charge < -0.3 is 10.6 Å². The van der Waals surface area contributed by atoms with Gasteiger partial charge in [0.25, 0.3) is 0 Å². The molecule has 0 amide bonds. The van der Waals surface area contributed by atoms with Gasteiger partial charge >= 0.3 is 0 Å². The topological polar surface area (TPSA) is 49.8 Å². The molecule has 0 aliphatic heterocycles. The van der Waals surface area contributed by atoms with E-state index in [9.17, 15) is 0 Å². The summed E-state index contributed by atoms with van der Waals surface area (Å²) in [5.41, 5.74) is 2.25. The van der Waals surface area contributed by atoms with Crippen molar-refractivity contribution in [3.05, 3.63) is 42.1 Å².